The number of ether oxygens (including phenoxy) is 1. The van der Waals surface area contributed by atoms with Gasteiger partial charge >= 0.3 is 0 Å². The molecule has 0 heterocycles. The van der Waals surface area contributed by atoms with Crippen molar-refractivity contribution in [3.63, 3.8) is 0 Å². The van der Waals surface area contributed by atoms with Crippen molar-refractivity contribution < 1.29 is 4.74 Å². The molecule has 0 radical (unpaired) electrons. The van der Waals surface area contributed by atoms with E-state index in [4.69, 9.17) is 22.7 Å². The normalized spacial score (nSPS) is 10.2. The Morgan fingerprint density at radius 2 is 2.00 bits per heavy atom. The summed E-state index contributed by atoms with van der Waals surface area (Å²) in [5, 5.41) is 3.33. The molecule has 0 bridgehead atoms. The van der Waals surface area contributed by atoms with Gasteiger partial charge in [-0.25, -0.2) is 0 Å². The summed E-state index contributed by atoms with van der Waals surface area (Å²) in [6, 6.07) is 11.7. The molecule has 0 unspecified atom stereocenters. The number of rotatable bonds is 4. The molecule has 0 aliphatic carbocycles. The number of benzene rings is 2. The highest BCUT2D eigenvalue weighted by Crippen LogP contribution is 2.28. The predicted octanol–water partition coefficient (Wildman–Crippen LogP) is 4.14. The highest BCUT2D eigenvalue weighted by molar-refractivity contribution is 9.10. The van der Waals surface area contributed by atoms with E-state index in [9.17, 15) is 0 Å². The molecule has 0 fully saturated rings. The average molecular weight is 351 g/mol. The second-order valence-electron chi connectivity index (χ2n) is 4.42. The van der Waals surface area contributed by atoms with Crippen LogP contribution >= 0.6 is 28.1 Å². The van der Waals surface area contributed by atoms with Crippen LogP contribution in [0.2, 0.25) is 0 Å². The fourth-order valence-corrected chi connectivity index (χ4v) is 2.72. The number of thiocarbonyl (C=S) groups is 1. The van der Waals surface area contributed by atoms with Crippen LogP contribution in [0.3, 0.4) is 0 Å². The molecular weight excluding hydrogens is 336 g/mol. The summed E-state index contributed by atoms with van der Waals surface area (Å²) in [6.45, 7) is 2.04. The highest BCUT2D eigenvalue weighted by atomic mass is 79.9. The number of anilines is 2. The fraction of sp³-hybridized carbons (Fsp3) is 0.133. The van der Waals surface area contributed by atoms with Crippen molar-refractivity contribution in [2.24, 2.45) is 5.73 Å². The Hall–Kier alpha value is -1.59. The number of methoxy groups -OCH3 is 1. The standard InChI is InChI=1S/C15H15BrN2OS/c1-9-5-10(16)7-11(6-9)18-14-8-12(19-2)3-4-13(14)15(17)20/h3-8,18H,1-2H3,(H2,17,20). The van der Waals surface area contributed by atoms with Crippen LogP contribution < -0.4 is 15.8 Å². The van der Waals surface area contributed by atoms with Crippen LogP contribution in [0.5, 0.6) is 5.75 Å². The van der Waals surface area contributed by atoms with Gasteiger partial charge in [0.25, 0.3) is 0 Å². The maximum absolute atomic E-state index is 5.76. The number of halogens is 1. The minimum Gasteiger partial charge on any atom is -0.497 e. The summed E-state index contributed by atoms with van der Waals surface area (Å²) in [6.07, 6.45) is 0. The zero-order chi connectivity index (χ0) is 14.7. The molecule has 0 aromatic heterocycles. The Morgan fingerprint density at radius 1 is 1.25 bits per heavy atom. The molecule has 2 aromatic carbocycles. The molecule has 5 heteroatoms. The number of nitrogens with one attached hydrogen (secondary N) is 1. The maximum Gasteiger partial charge on any atom is 0.120 e. The number of nitrogens with two attached hydrogens (primary N) is 1. The monoisotopic (exact) mass is 350 g/mol. The summed E-state index contributed by atoms with van der Waals surface area (Å²) in [5.41, 5.74) is 9.49. The van der Waals surface area contributed by atoms with Gasteiger partial charge in [-0.1, -0.05) is 28.1 Å². The molecule has 0 aliphatic rings. The van der Waals surface area contributed by atoms with Crippen molar-refractivity contribution in [2.45, 2.75) is 6.92 Å². The van der Waals surface area contributed by atoms with Crippen molar-refractivity contribution in [1.29, 1.82) is 0 Å². The molecule has 0 saturated heterocycles. The second kappa shape index (κ2) is 6.24. The van der Waals surface area contributed by atoms with E-state index in [1.54, 1.807) is 7.11 Å². The number of hydrogen-bond donors (Lipinski definition) is 2. The van der Waals surface area contributed by atoms with E-state index >= 15 is 0 Å². The minimum atomic E-state index is 0.349. The summed E-state index contributed by atoms with van der Waals surface area (Å²) in [4.78, 5) is 0.349. The average Bonchev–Trinajstić information content (AvgIpc) is 2.37. The van der Waals surface area contributed by atoms with Crippen LogP contribution in [0.4, 0.5) is 11.4 Å². The van der Waals surface area contributed by atoms with Crippen molar-refractivity contribution in [1.82, 2.24) is 0 Å². The van der Waals surface area contributed by atoms with Gasteiger partial charge in [-0.15, -0.1) is 0 Å². The van der Waals surface area contributed by atoms with Gasteiger partial charge in [-0.2, -0.15) is 0 Å². The third kappa shape index (κ3) is 3.49. The van der Waals surface area contributed by atoms with E-state index in [1.165, 1.54) is 0 Å². The lowest BCUT2D eigenvalue weighted by Gasteiger charge is -2.13. The van der Waals surface area contributed by atoms with Crippen LogP contribution in [-0.4, -0.2) is 12.1 Å². The first-order valence-electron chi connectivity index (χ1n) is 6.01. The van der Waals surface area contributed by atoms with Gasteiger partial charge in [0.15, 0.2) is 0 Å². The number of hydrogen-bond acceptors (Lipinski definition) is 3. The first-order chi connectivity index (χ1) is 9.49. The fourth-order valence-electron chi connectivity index (χ4n) is 1.93. The van der Waals surface area contributed by atoms with Gasteiger partial charge in [0.1, 0.15) is 10.7 Å². The lowest BCUT2D eigenvalue weighted by molar-refractivity contribution is 0.415. The molecule has 3 N–H and O–H groups in total. The summed E-state index contributed by atoms with van der Waals surface area (Å²) < 4.78 is 6.26. The Balaban J connectivity index is 2.42. The summed E-state index contributed by atoms with van der Waals surface area (Å²) >= 11 is 8.57. The van der Waals surface area contributed by atoms with Gasteiger partial charge in [0.2, 0.25) is 0 Å². The third-order valence-electron chi connectivity index (χ3n) is 2.81. The zero-order valence-corrected chi connectivity index (χ0v) is 13.6. The van der Waals surface area contributed by atoms with E-state index in [-0.39, 0.29) is 0 Å². The molecule has 0 spiro atoms. The predicted molar refractivity (Wildman–Crippen MR) is 91.0 cm³/mol. The van der Waals surface area contributed by atoms with Crippen molar-refractivity contribution in [2.75, 3.05) is 12.4 Å². The van der Waals surface area contributed by atoms with Crippen LogP contribution in [-0.2, 0) is 0 Å². The summed E-state index contributed by atoms with van der Waals surface area (Å²) in [5.74, 6) is 0.749. The molecule has 3 nitrogen and oxygen atoms in total. The molecular formula is C15H15BrN2OS. The molecule has 2 rings (SSSR count). The van der Waals surface area contributed by atoms with Crippen LogP contribution in [0, 0.1) is 6.92 Å². The first-order valence-corrected chi connectivity index (χ1v) is 7.22. The van der Waals surface area contributed by atoms with Gasteiger partial charge in [-0.05, 0) is 42.8 Å². The Labute approximate surface area is 132 Å². The van der Waals surface area contributed by atoms with Gasteiger partial charge in [0.05, 0.1) is 12.8 Å². The zero-order valence-electron chi connectivity index (χ0n) is 11.2. The third-order valence-corrected chi connectivity index (χ3v) is 3.49. The molecule has 0 atom stereocenters. The molecule has 0 amide bonds. The van der Waals surface area contributed by atoms with Crippen molar-refractivity contribution >= 4 is 44.5 Å². The Morgan fingerprint density at radius 3 is 2.60 bits per heavy atom. The largest absolute Gasteiger partial charge is 0.497 e. The van der Waals surface area contributed by atoms with Gasteiger partial charge in [0, 0.05) is 21.8 Å². The van der Waals surface area contributed by atoms with Crippen LogP contribution in [0.15, 0.2) is 40.9 Å². The minimum absolute atomic E-state index is 0.349. The van der Waals surface area contributed by atoms with E-state index in [0.29, 0.717) is 4.99 Å². The summed E-state index contributed by atoms with van der Waals surface area (Å²) in [7, 11) is 1.63. The Kier molecular flexibility index (Phi) is 4.62. The van der Waals surface area contributed by atoms with E-state index in [0.717, 1.165) is 32.7 Å². The molecule has 0 saturated carbocycles. The van der Waals surface area contributed by atoms with E-state index in [1.807, 2.05) is 43.3 Å². The lowest BCUT2D eigenvalue weighted by atomic mass is 10.1. The van der Waals surface area contributed by atoms with Crippen LogP contribution in [0.25, 0.3) is 0 Å². The van der Waals surface area contributed by atoms with Crippen molar-refractivity contribution in [3.8, 4) is 5.75 Å². The van der Waals surface area contributed by atoms with E-state index < -0.39 is 0 Å². The first kappa shape index (κ1) is 14.8. The lowest BCUT2D eigenvalue weighted by Crippen LogP contribution is -2.12. The molecule has 104 valence electrons. The highest BCUT2D eigenvalue weighted by Gasteiger charge is 2.08. The SMILES string of the molecule is COc1ccc(C(N)=S)c(Nc2cc(C)cc(Br)c2)c1. The topological polar surface area (TPSA) is 47.3 Å². The molecule has 20 heavy (non-hydrogen) atoms. The molecule has 0 aliphatic heterocycles. The second-order valence-corrected chi connectivity index (χ2v) is 5.77. The van der Waals surface area contributed by atoms with Crippen molar-refractivity contribution in [3.05, 3.63) is 52.0 Å². The van der Waals surface area contributed by atoms with E-state index in [2.05, 4.69) is 21.2 Å². The van der Waals surface area contributed by atoms with Gasteiger partial charge < -0.3 is 15.8 Å². The van der Waals surface area contributed by atoms with Gasteiger partial charge in [-0.3, -0.25) is 0 Å². The van der Waals surface area contributed by atoms with Crippen LogP contribution in [0.1, 0.15) is 11.1 Å². The smallest absolute Gasteiger partial charge is 0.120 e. The quantitative estimate of drug-likeness (QED) is 0.813. The molecule has 2 aromatic rings. The maximum atomic E-state index is 5.76. The number of aryl methyl sites for hydroxylation is 1. The Bertz CT molecular complexity index is 638.